The summed E-state index contributed by atoms with van der Waals surface area (Å²) in [6.45, 7) is 3.10. The van der Waals surface area contributed by atoms with E-state index in [-0.39, 0.29) is 30.4 Å². The second kappa shape index (κ2) is 5.91. The number of likely N-dealkylation sites (tertiary alicyclic amines) is 1. The van der Waals surface area contributed by atoms with Gasteiger partial charge in [-0.2, -0.15) is 0 Å². The lowest BCUT2D eigenvalue weighted by Gasteiger charge is -2.26. The number of carbonyl (C=O) groups is 3. The van der Waals surface area contributed by atoms with E-state index >= 15 is 0 Å². The minimum Gasteiger partial charge on any atom is -0.482 e. The van der Waals surface area contributed by atoms with E-state index in [1.165, 1.54) is 4.90 Å². The minimum absolute atomic E-state index is 0.00603. The first-order chi connectivity index (χ1) is 11.0. The van der Waals surface area contributed by atoms with Gasteiger partial charge in [-0.3, -0.25) is 14.4 Å². The van der Waals surface area contributed by atoms with Crippen LogP contribution in [0.3, 0.4) is 0 Å². The van der Waals surface area contributed by atoms with Crippen LogP contribution in [0.1, 0.15) is 23.7 Å². The van der Waals surface area contributed by atoms with Crippen LogP contribution in [-0.4, -0.2) is 55.4 Å². The summed E-state index contributed by atoms with van der Waals surface area (Å²) in [6, 6.07) is 4.80. The molecule has 7 heteroatoms. The average Bonchev–Trinajstić information content (AvgIpc) is 2.90. The molecule has 0 spiro atoms. The summed E-state index contributed by atoms with van der Waals surface area (Å²) in [6.07, 6.45) is 0.325. The first-order valence-electron chi connectivity index (χ1n) is 7.61. The molecular weight excluding hydrogens is 298 g/mol. The number of likely N-dealkylation sites (N-methyl/N-ethyl adjacent to an activating group) is 2. The molecule has 1 unspecified atom stereocenters. The summed E-state index contributed by atoms with van der Waals surface area (Å²) >= 11 is 0. The molecule has 0 radical (unpaired) electrons. The predicted molar refractivity (Wildman–Crippen MR) is 83.5 cm³/mol. The molecule has 0 aromatic heterocycles. The standard InChI is InChI=1S/C16H19N3O4/c1-3-19-8-11(7-14(19)20)17-16(22)10-4-5-13-12(6-10)18(2)15(21)9-23-13/h4-6,11H,3,7-9H2,1-2H3,(H,17,22). The molecule has 1 fully saturated rings. The molecule has 0 saturated carbocycles. The normalized spacial score (nSPS) is 20.3. The van der Waals surface area contributed by atoms with Gasteiger partial charge in [0.15, 0.2) is 6.61 Å². The highest BCUT2D eigenvalue weighted by Crippen LogP contribution is 2.32. The van der Waals surface area contributed by atoms with Crippen LogP contribution in [0.5, 0.6) is 5.75 Å². The van der Waals surface area contributed by atoms with Crippen LogP contribution in [0.25, 0.3) is 0 Å². The Balaban J connectivity index is 1.74. The van der Waals surface area contributed by atoms with Crippen LogP contribution >= 0.6 is 0 Å². The first-order valence-corrected chi connectivity index (χ1v) is 7.61. The largest absolute Gasteiger partial charge is 0.482 e. The Morgan fingerprint density at radius 1 is 1.35 bits per heavy atom. The second-order valence-electron chi connectivity index (χ2n) is 5.73. The van der Waals surface area contributed by atoms with Crippen molar-refractivity contribution in [2.45, 2.75) is 19.4 Å². The van der Waals surface area contributed by atoms with Gasteiger partial charge in [0, 0.05) is 32.1 Å². The number of carbonyl (C=O) groups excluding carboxylic acids is 3. The van der Waals surface area contributed by atoms with Crippen molar-refractivity contribution in [1.82, 2.24) is 10.2 Å². The summed E-state index contributed by atoms with van der Waals surface area (Å²) in [5.41, 5.74) is 1.02. The summed E-state index contributed by atoms with van der Waals surface area (Å²) in [5.74, 6) is 0.226. The summed E-state index contributed by atoms with van der Waals surface area (Å²) in [5, 5.41) is 2.88. The van der Waals surface area contributed by atoms with Crippen LogP contribution < -0.4 is 15.0 Å². The van der Waals surface area contributed by atoms with Gasteiger partial charge >= 0.3 is 0 Å². The van der Waals surface area contributed by atoms with Crippen molar-refractivity contribution in [3.05, 3.63) is 23.8 Å². The third kappa shape index (κ3) is 2.86. The van der Waals surface area contributed by atoms with Crippen LogP contribution in [0.4, 0.5) is 5.69 Å². The number of anilines is 1. The third-order valence-electron chi connectivity index (χ3n) is 4.24. The number of fused-ring (bicyclic) bond motifs is 1. The van der Waals surface area contributed by atoms with Gasteiger partial charge in [0.25, 0.3) is 11.8 Å². The van der Waals surface area contributed by atoms with Crippen molar-refractivity contribution in [3.8, 4) is 5.75 Å². The van der Waals surface area contributed by atoms with E-state index < -0.39 is 0 Å². The van der Waals surface area contributed by atoms with Gasteiger partial charge in [-0.1, -0.05) is 0 Å². The zero-order valence-electron chi connectivity index (χ0n) is 13.2. The van der Waals surface area contributed by atoms with E-state index in [9.17, 15) is 14.4 Å². The molecule has 3 rings (SSSR count). The lowest BCUT2D eigenvalue weighted by Crippen LogP contribution is -2.38. The number of amides is 3. The molecule has 1 saturated heterocycles. The molecule has 1 atom stereocenters. The lowest BCUT2D eigenvalue weighted by molar-refractivity contribution is -0.127. The Kier molecular flexibility index (Phi) is 3.94. The molecule has 1 N–H and O–H groups in total. The molecule has 23 heavy (non-hydrogen) atoms. The van der Waals surface area contributed by atoms with E-state index in [0.717, 1.165) is 0 Å². The number of hydrogen-bond donors (Lipinski definition) is 1. The number of hydrogen-bond acceptors (Lipinski definition) is 4. The van der Waals surface area contributed by atoms with Crippen LogP contribution in [0.2, 0.25) is 0 Å². The van der Waals surface area contributed by atoms with Gasteiger partial charge < -0.3 is 19.9 Å². The first kappa shape index (κ1) is 15.3. The minimum atomic E-state index is -0.255. The van der Waals surface area contributed by atoms with E-state index in [1.807, 2.05) is 6.92 Å². The summed E-state index contributed by atoms with van der Waals surface area (Å²) < 4.78 is 5.34. The smallest absolute Gasteiger partial charge is 0.264 e. The maximum Gasteiger partial charge on any atom is 0.264 e. The Morgan fingerprint density at radius 2 is 2.13 bits per heavy atom. The molecule has 2 heterocycles. The fourth-order valence-electron chi connectivity index (χ4n) is 2.86. The van der Waals surface area contributed by atoms with E-state index in [4.69, 9.17) is 4.74 Å². The molecule has 1 aromatic carbocycles. The fourth-order valence-corrected chi connectivity index (χ4v) is 2.86. The van der Waals surface area contributed by atoms with E-state index in [2.05, 4.69) is 5.32 Å². The van der Waals surface area contributed by atoms with Gasteiger partial charge in [0.1, 0.15) is 5.75 Å². The molecular formula is C16H19N3O4. The number of nitrogens with one attached hydrogen (secondary N) is 1. The lowest BCUT2D eigenvalue weighted by atomic mass is 10.1. The molecule has 0 aliphatic carbocycles. The summed E-state index contributed by atoms with van der Waals surface area (Å²) in [4.78, 5) is 39.0. The average molecular weight is 317 g/mol. The highest BCUT2D eigenvalue weighted by Gasteiger charge is 2.30. The summed E-state index contributed by atoms with van der Waals surface area (Å²) in [7, 11) is 1.65. The number of ether oxygens (including phenoxy) is 1. The molecule has 2 aliphatic rings. The molecule has 0 bridgehead atoms. The highest BCUT2D eigenvalue weighted by atomic mass is 16.5. The topological polar surface area (TPSA) is 79.0 Å². The van der Waals surface area contributed by atoms with Gasteiger partial charge in [0.2, 0.25) is 5.91 Å². The van der Waals surface area contributed by atoms with Crippen molar-refractivity contribution in [2.75, 3.05) is 31.6 Å². The Hall–Kier alpha value is -2.57. The van der Waals surface area contributed by atoms with Crippen molar-refractivity contribution in [1.29, 1.82) is 0 Å². The van der Waals surface area contributed by atoms with Crippen LogP contribution in [0, 0.1) is 0 Å². The van der Waals surface area contributed by atoms with E-state index in [0.29, 0.717) is 36.5 Å². The monoisotopic (exact) mass is 317 g/mol. The Labute approximate surface area is 134 Å². The SMILES string of the molecule is CCN1CC(NC(=O)c2ccc3c(c2)N(C)C(=O)CO3)CC1=O. The second-order valence-corrected chi connectivity index (χ2v) is 5.73. The number of nitrogens with zero attached hydrogens (tertiary/aromatic N) is 2. The van der Waals surface area contributed by atoms with E-state index in [1.54, 1.807) is 30.1 Å². The molecule has 122 valence electrons. The Morgan fingerprint density at radius 3 is 2.83 bits per heavy atom. The van der Waals surface area contributed by atoms with Gasteiger partial charge in [-0.25, -0.2) is 0 Å². The van der Waals surface area contributed by atoms with Crippen molar-refractivity contribution < 1.29 is 19.1 Å². The van der Waals surface area contributed by atoms with Gasteiger partial charge in [0.05, 0.1) is 11.7 Å². The maximum atomic E-state index is 12.4. The van der Waals surface area contributed by atoms with Crippen molar-refractivity contribution >= 4 is 23.4 Å². The number of rotatable bonds is 3. The molecule has 1 aromatic rings. The Bertz CT molecular complexity index is 673. The van der Waals surface area contributed by atoms with Crippen molar-refractivity contribution in [2.24, 2.45) is 0 Å². The zero-order chi connectivity index (χ0) is 16.6. The highest BCUT2D eigenvalue weighted by molar-refractivity contribution is 6.01. The van der Waals surface area contributed by atoms with Crippen LogP contribution in [0.15, 0.2) is 18.2 Å². The maximum absolute atomic E-state index is 12.4. The predicted octanol–water partition coefficient (Wildman–Crippen LogP) is 0.392. The van der Waals surface area contributed by atoms with Crippen LogP contribution in [-0.2, 0) is 9.59 Å². The molecule has 7 nitrogen and oxygen atoms in total. The third-order valence-corrected chi connectivity index (χ3v) is 4.24. The van der Waals surface area contributed by atoms with Gasteiger partial charge in [-0.05, 0) is 25.1 Å². The van der Waals surface area contributed by atoms with Gasteiger partial charge in [-0.15, -0.1) is 0 Å². The number of benzene rings is 1. The quantitative estimate of drug-likeness (QED) is 0.875. The molecule has 2 aliphatic heterocycles. The zero-order valence-corrected chi connectivity index (χ0v) is 13.2. The molecule has 3 amide bonds. The fraction of sp³-hybridized carbons (Fsp3) is 0.438. The van der Waals surface area contributed by atoms with Crippen molar-refractivity contribution in [3.63, 3.8) is 0 Å².